The molecule has 3 atom stereocenters. The predicted octanol–water partition coefficient (Wildman–Crippen LogP) is 0.970. The molecular formula is C17H23N3O2. The molecule has 2 fully saturated rings. The molecule has 0 radical (unpaired) electrons. The van der Waals surface area contributed by atoms with Gasteiger partial charge in [-0.05, 0) is 37.0 Å². The van der Waals surface area contributed by atoms with Crippen molar-refractivity contribution in [3.05, 3.63) is 35.4 Å². The van der Waals surface area contributed by atoms with Crippen molar-refractivity contribution in [3.8, 4) is 0 Å². The van der Waals surface area contributed by atoms with Gasteiger partial charge < -0.3 is 15.5 Å². The highest BCUT2D eigenvalue weighted by atomic mass is 16.2. The summed E-state index contributed by atoms with van der Waals surface area (Å²) in [6.45, 7) is 4.63. The summed E-state index contributed by atoms with van der Waals surface area (Å²) < 4.78 is 0. The van der Waals surface area contributed by atoms with E-state index in [4.69, 9.17) is 0 Å². The summed E-state index contributed by atoms with van der Waals surface area (Å²) in [4.78, 5) is 26.4. The molecule has 22 heavy (non-hydrogen) atoms. The molecule has 2 aliphatic rings. The van der Waals surface area contributed by atoms with Crippen LogP contribution in [-0.2, 0) is 4.79 Å². The number of carbonyl (C=O) groups is 2. The molecule has 5 nitrogen and oxygen atoms in total. The van der Waals surface area contributed by atoms with Gasteiger partial charge in [0.1, 0.15) is 0 Å². The molecule has 1 heterocycles. The summed E-state index contributed by atoms with van der Waals surface area (Å²) in [5, 5.41) is 5.95. The maximum Gasteiger partial charge on any atom is 0.251 e. The molecule has 1 aromatic rings. The Labute approximate surface area is 131 Å². The molecule has 1 aromatic carbocycles. The van der Waals surface area contributed by atoms with E-state index in [2.05, 4.69) is 17.6 Å². The van der Waals surface area contributed by atoms with Gasteiger partial charge in [0.15, 0.2) is 0 Å². The van der Waals surface area contributed by atoms with E-state index < -0.39 is 0 Å². The van der Waals surface area contributed by atoms with Gasteiger partial charge in [0.05, 0.1) is 0 Å². The van der Waals surface area contributed by atoms with Crippen LogP contribution in [0.3, 0.4) is 0 Å². The number of amides is 2. The van der Waals surface area contributed by atoms with Crippen molar-refractivity contribution in [2.45, 2.75) is 25.3 Å². The van der Waals surface area contributed by atoms with Crippen molar-refractivity contribution < 1.29 is 9.59 Å². The molecule has 0 aromatic heterocycles. The van der Waals surface area contributed by atoms with Gasteiger partial charge in [0.2, 0.25) is 5.91 Å². The number of hydrogen-bond donors (Lipinski definition) is 2. The second-order valence-corrected chi connectivity index (χ2v) is 6.24. The molecular weight excluding hydrogens is 278 g/mol. The molecule has 118 valence electrons. The molecule has 1 saturated heterocycles. The van der Waals surface area contributed by atoms with Crippen LogP contribution in [0.5, 0.6) is 0 Å². The number of nitrogens with one attached hydrogen (secondary N) is 2. The highest BCUT2D eigenvalue weighted by molar-refractivity contribution is 5.94. The van der Waals surface area contributed by atoms with E-state index >= 15 is 0 Å². The predicted molar refractivity (Wildman–Crippen MR) is 84.7 cm³/mol. The fourth-order valence-corrected chi connectivity index (χ4v) is 3.27. The number of nitrogens with zero attached hydrogens (tertiary/aromatic N) is 1. The maximum absolute atomic E-state index is 12.6. The SMILES string of the molecule is CNC(=O)c1cccc([C@H]2C[C@@H]2C(=O)N2CCNC[C@@H]2C)c1. The summed E-state index contributed by atoms with van der Waals surface area (Å²) >= 11 is 0. The number of benzene rings is 1. The minimum atomic E-state index is -0.0823. The average Bonchev–Trinajstić information content (AvgIpc) is 3.35. The van der Waals surface area contributed by atoms with Crippen molar-refractivity contribution in [2.24, 2.45) is 5.92 Å². The van der Waals surface area contributed by atoms with E-state index in [9.17, 15) is 9.59 Å². The normalized spacial score (nSPS) is 27.4. The van der Waals surface area contributed by atoms with Gasteiger partial charge in [-0.2, -0.15) is 0 Å². The highest BCUT2D eigenvalue weighted by Gasteiger charge is 2.46. The minimum Gasteiger partial charge on any atom is -0.355 e. The van der Waals surface area contributed by atoms with Crippen LogP contribution in [0.4, 0.5) is 0 Å². The van der Waals surface area contributed by atoms with Crippen molar-refractivity contribution in [3.63, 3.8) is 0 Å². The van der Waals surface area contributed by atoms with Gasteiger partial charge in [0, 0.05) is 44.2 Å². The van der Waals surface area contributed by atoms with Crippen molar-refractivity contribution in [1.29, 1.82) is 0 Å². The smallest absolute Gasteiger partial charge is 0.251 e. The first-order valence-corrected chi connectivity index (χ1v) is 7.95. The first kappa shape index (κ1) is 15.0. The second-order valence-electron chi connectivity index (χ2n) is 6.24. The van der Waals surface area contributed by atoms with Gasteiger partial charge in [-0.1, -0.05) is 12.1 Å². The molecule has 3 rings (SSSR count). The zero-order valence-electron chi connectivity index (χ0n) is 13.1. The van der Waals surface area contributed by atoms with E-state index in [1.807, 2.05) is 23.1 Å². The van der Waals surface area contributed by atoms with Crippen LogP contribution in [0.25, 0.3) is 0 Å². The van der Waals surface area contributed by atoms with E-state index in [-0.39, 0.29) is 29.7 Å². The van der Waals surface area contributed by atoms with Gasteiger partial charge in [0.25, 0.3) is 5.91 Å². The molecule has 0 unspecified atom stereocenters. The van der Waals surface area contributed by atoms with Crippen LogP contribution in [-0.4, -0.2) is 49.4 Å². The van der Waals surface area contributed by atoms with Crippen molar-refractivity contribution >= 4 is 11.8 Å². The third kappa shape index (κ3) is 2.86. The molecule has 1 aliphatic heterocycles. The zero-order valence-corrected chi connectivity index (χ0v) is 13.1. The van der Waals surface area contributed by atoms with Crippen molar-refractivity contribution in [1.82, 2.24) is 15.5 Å². The summed E-state index contributed by atoms with van der Waals surface area (Å²) in [6, 6.07) is 7.90. The first-order valence-electron chi connectivity index (χ1n) is 7.95. The third-order valence-electron chi connectivity index (χ3n) is 4.70. The molecule has 0 bridgehead atoms. The van der Waals surface area contributed by atoms with Crippen LogP contribution in [0.15, 0.2) is 24.3 Å². The van der Waals surface area contributed by atoms with Crippen molar-refractivity contribution in [2.75, 3.05) is 26.7 Å². The average molecular weight is 301 g/mol. The van der Waals surface area contributed by atoms with Crippen LogP contribution >= 0.6 is 0 Å². The van der Waals surface area contributed by atoms with E-state index in [0.717, 1.165) is 31.6 Å². The number of rotatable bonds is 3. The Balaban J connectivity index is 1.69. The molecule has 2 amide bonds. The van der Waals surface area contributed by atoms with Gasteiger partial charge in [-0.15, -0.1) is 0 Å². The molecule has 1 saturated carbocycles. The van der Waals surface area contributed by atoms with Crippen LogP contribution in [0.1, 0.15) is 35.2 Å². The Morgan fingerprint density at radius 2 is 2.18 bits per heavy atom. The number of carbonyl (C=O) groups excluding carboxylic acids is 2. The zero-order chi connectivity index (χ0) is 15.7. The largest absolute Gasteiger partial charge is 0.355 e. The van der Waals surface area contributed by atoms with Gasteiger partial charge in [-0.3, -0.25) is 9.59 Å². The van der Waals surface area contributed by atoms with E-state index in [1.54, 1.807) is 13.1 Å². The summed E-state index contributed by atoms with van der Waals surface area (Å²) in [6.07, 6.45) is 0.896. The second kappa shape index (κ2) is 6.08. The summed E-state index contributed by atoms with van der Waals surface area (Å²) in [5.74, 6) is 0.533. The molecule has 0 spiro atoms. The quantitative estimate of drug-likeness (QED) is 0.874. The van der Waals surface area contributed by atoms with E-state index in [0.29, 0.717) is 5.56 Å². The Morgan fingerprint density at radius 3 is 2.91 bits per heavy atom. The summed E-state index contributed by atoms with van der Waals surface area (Å²) in [7, 11) is 1.63. The van der Waals surface area contributed by atoms with Gasteiger partial charge >= 0.3 is 0 Å². The fourth-order valence-electron chi connectivity index (χ4n) is 3.27. The Bertz CT molecular complexity index is 587. The Kier molecular flexibility index (Phi) is 4.16. The fraction of sp³-hybridized carbons (Fsp3) is 0.529. The van der Waals surface area contributed by atoms with Crippen LogP contribution in [0, 0.1) is 5.92 Å². The monoisotopic (exact) mass is 301 g/mol. The van der Waals surface area contributed by atoms with Gasteiger partial charge in [-0.25, -0.2) is 0 Å². The highest BCUT2D eigenvalue weighted by Crippen LogP contribution is 2.48. The lowest BCUT2D eigenvalue weighted by Gasteiger charge is -2.34. The number of piperazine rings is 1. The lowest BCUT2D eigenvalue weighted by atomic mass is 10.0. The third-order valence-corrected chi connectivity index (χ3v) is 4.70. The van der Waals surface area contributed by atoms with Crippen LogP contribution in [0.2, 0.25) is 0 Å². The molecule has 1 aliphatic carbocycles. The van der Waals surface area contributed by atoms with E-state index in [1.165, 1.54) is 0 Å². The lowest BCUT2D eigenvalue weighted by molar-refractivity contribution is -0.135. The van der Waals surface area contributed by atoms with Crippen LogP contribution < -0.4 is 10.6 Å². The summed E-state index contributed by atoms with van der Waals surface area (Å²) in [5.41, 5.74) is 1.76. The Morgan fingerprint density at radius 1 is 1.36 bits per heavy atom. The Hall–Kier alpha value is -1.88. The molecule has 5 heteroatoms. The maximum atomic E-state index is 12.6. The molecule has 2 N–H and O–H groups in total. The lowest BCUT2D eigenvalue weighted by Crippen LogP contribution is -2.52. The minimum absolute atomic E-state index is 0.0823. The standard InChI is InChI=1S/C17H23N3O2/c1-11-10-19-6-7-20(11)17(22)15-9-14(15)12-4-3-5-13(8-12)16(21)18-2/h3-5,8,11,14-15,19H,6-7,9-10H2,1-2H3,(H,18,21)/t11-,14+,15-/m0/s1. The number of hydrogen-bond acceptors (Lipinski definition) is 3. The topological polar surface area (TPSA) is 61.4 Å². The first-order chi connectivity index (χ1) is 10.6.